The van der Waals surface area contributed by atoms with Crippen molar-refractivity contribution >= 4 is 44.2 Å². The number of halogens is 2. The highest BCUT2D eigenvalue weighted by Gasteiger charge is 2.37. The number of rotatable bonds is 4. The second-order valence-corrected chi connectivity index (χ2v) is 7.50. The molecule has 0 saturated carbocycles. The van der Waals surface area contributed by atoms with E-state index >= 15 is 0 Å². The summed E-state index contributed by atoms with van der Waals surface area (Å²) in [5.41, 5.74) is 1.09. The molecule has 2 rings (SSSR count). The molecule has 0 spiro atoms. The molecule has 1 N–H and O–H groups in total. The summed E-state index contributed by atoms with van der Waals surface area (Å²) in [5.74, 6) is 0. The number of aliphatic hydroxyl groups is 1. The van der Waals surface area contributed by atoms with E-state index in [0.717, 1.165) is 29.4 Å². The molecule has 1 aliphatic rings. The maximum absolute atomic E-state index is 10.7. The third-order valence-corrected chi connectivity index (χ3v) is 5.71. The average Bonchev–Trinajstić information content (AvgIpc) is 2.74. The van der Waals surface area contributed by atoms with E-state index in [1.807, 2.05) is 0 Å². The Hall–Kier alpha value is -0.250. The topological polar surface area (TPSA) is 66.6 Å². The maximum atomic E-state index is 10.7. The number of likely N-dealkylation sites (tertiary alicyclic amines) is 1. The molecule has 5 nitrogen and oxygen atoms in total. The third kappa shape index (κ3) is 3.26. The normalized spacial score (nSPS) is 23.7. The fourth-order valence-corrected chi connectivity index (χ4v) is 3.57. The number of nitro benzene ring substituents is 1. The largest absolute Gasteiger partial charge is 0.394 e. The van der Waals surface area contributed by atoms with Gasteiger partial charge < -0.3 is 5.11 Å². The molecule has 0 aromatic heterocycles. The zero-order valence-corrected chi connectivity index (χ0v) is 13.9. The molecule has 1 atom stereocenters. The second-order valence-electron chi connectivity index (χ2n) is 4.63. The van der Waals surface area contributed by atoms with Crippen LogP contribution in [0.2, 0.25) is 0 Å². The smallest absolute Gasteiger partial charge is 0.270 e. The third-order valence-electron chi connectivity index (χ3n) is 3.41. The Kier molecular flexibility index (Phi) is 4.80. The highest BCUT2D eigenvalue weighted by Crippen LogP contribution is 2.37. The van der Waals surface area contributed by atoms with Gasteiger partial charge in [0, 0.05) is 23.2 Å². The van der Waals surface area contributed by atoms with E-state index in [9.17, 15) is 15.2 Å². The van der Waals surface area contributed by atoms with Gasteiger partial charge in [-0.15, -0.1) is 0 Å². The number of aliphatic hydroxyl groups excluding tert-OH is 1. The Balaban J connectivity index is 2.18. The lowest BCUT2D eigenvalue weighted by Crippen LogP contribution is -2.40. The number of nitrogens with zero attached hydrogens (tertiary/aromatic N) is 2. The van der Waals surface area contributed by atoms with E-state index in [1.165, 1.54) is 12.1 Å². The standard InChI is InChI=1S/C12H14BrIN2O3/c13-11-6-10(16(18)19)3-2-9(11)7-15-5-1-4-12(15,14)8-17/h2-3,6,17H,1,4-5,7-8H2. The molecule has 7 heteroatoms. The summed E-state index contributed by atoms with van der Waals surface area (Å²) in [6.45, 7) is 1.74. The Morgan fingerprint density at radius 3 is 2.89 bits per heavy atom. The Morgan fingerprint density at radius 1 is 1.58 bits per heavy atom. The zero-order chi connectivity index (χ0) is 14.0. The van der Waals surface area contributed by atoms with Crippen molar-refractivity contribution in [2.24, 2.45) is 0 Å². The van der Waals surface area contributed by atoms with Gasteiger partial charge in [-0.3, -0.25) is 15.0 Å². The number of hydrogen-bond donors (Lipinski definition) is 1. The van der Waals surface area contributed by atoms with Crippen molar-refractivity contribution in [3.63, 3.8) is 0 Å². The van der Waals surface area contributed by atoms with Gasteiger partial charge in [-0.25, -0.2) is 0 Å². The van der Waals surface area contributed by atoms with Crippen LogP contribution >= 0.6 is 38.5 Å². The van der Waals surface area contributed by atoms with Gasteiger partial charge in [0.2, 0.25) is 0 Å². The number of alkyl halides is 1. The predicted octanol–water partition coefficient (Wildman–Crippen LogP) is 3.08. The Labute approximate surface area is 133 Å². The van der Waals surface area contributed by atoms with Gasteiger partial charge in [-0.05, 0) is 31.0 Å². The second kappa shape index (κ2) is 6.02. The van der Waals surface area contributed by atoms with Crippen LogP contribution in [0.25, 0.3) is 0 Å². The molecule has 1 aromatic rings. The average molecular weight is 441 g/mol. The maximum Gasteiger partial charge on any atom is 0.270 e. The summed E-state index contributed by atoms with van der Waals surface area (Å²) in [7, 11) is 0. The molecule has 0 aliphatic carbocycles. The monoisotopic (exact) mass is 440 g/mol. The minimum atomic E-state index is -0.402. The van der Waals surface area contributed by atoms with Gasteiger partial charge >= 0.3 is 0 Å². The summed E-state index contributed by atoms with van der Waals surface area (Å²) in [6, 6.07) is 4.82. The Morgan fingerprint density at radius 2 is 2.32 bits per heavy atom. The van der Waals surface area contributed by atoms with E-state index in [4.69, 9.17) is 0 Å². The van der Waals surface area contributed by atoms with E-state index in [0.29, 0.717) is 6.54 Å². The predicted molar refractivity (Wildman–Crippen MR) is 84.3 cm³/mol. The lowest BCUT2D eigenvalue weighted by Gasteiger charge is -2.31. The van der Waals surface area contributed by atoms with Gasteiger partial charge in [-0.1, -0.05) is 38.5 Å². The quantitative estimate of drug-likeness (QED) is 0.257. The SMILES string of the molecule is O=[N+]([O-])c1ccc(CN2CCCC2(I)CO)c(Br)c1. The molecule has 1 aromatic carbocycles. The van der Waals surface area contributed by atoms with Gasteiger partial charge in [0.15, 0.2) is 0 Å². The molecule has 1 unspecified atom stereocenters. The number of nitro groups is 1. The van der Waals surface area contributed by atoms with Gasteiger partial charge in [0.05, 0.1) is 15.1 Å². The van der Waals surface area contributed by atoms with Crippen molar-refractivity contribution in [2.75, 3.05) is 13.2 Å². The van der Waals surface area contributed by atoms with Crippen LogP contribution < -0.4 is 0 Å². The lowest BCUT2D eigenvalue weighted by molar-refractivity contribution is -0.384. The minimum Gasteiger partial charge on any atom is -0.394 e. The first-order valence-electron chi connectivity index (χ1n) is 5.94. The first-order chi connectivity index (χ1) is 8.96. The summed E-state index contributed by atoms with van der Waals surface area (Å²) < 4.78 is 0.532. The molecule has 1 fully saturated rings. The van der Waals surface area contributed by atoms with Crippen molar-refractivity contribution in [1.29, 1.82) is 0 Å². The highest BCUT2D eigenvalue weighted by molar-refractivity contribution is 14.1. The molecule has 1 aliphatic heterocycles. The fraction of sp³-hybridized carbons (Fsp3) is 0.500. The van der Waals surface area contributed by atoms with E-state index in [2.05, 4.69) is 43.4 Å². The zero-order valence-electron chi connectivity index (χ0n) is 10.2. The fourth-order valence-electron chi connectivity index (χ4n) is 2.28. The first-order valence-corrected chi connectivity index (χ1v) is 7.81. The van der Waals surface area contributed by atoms with E-state index < -0.39 is 4.92 Å². The molecule has 104 valence electrons. The van der Waals surface area contributed by atoms with Crippen LogP contribution in [0.1, 0.15) is 18.4 Å². The van der Waals surface area contributed by atoms with E-state index in [1.54, 1.807) is 6.07 Å². The minimum absolute atomic E-state index is 0.0833. The molecule has 0 bridgehead atoms. The van der Waals surface area contributed by atoms with Crippen LogP contribution in [0.4, 0.5) is 5.69 Å². The van der Waals surface area contributed by atoms with Crippen LogP contribution in [0, 0.1) is 10.1 Å². The number of hydrogen-bond acceptors (Lipinski definition) is 4. The number of benzene rings is 1. The lowest BCUT2D eigenvalue weighted by atomic mass is 10.1. The van der Waals surface area contributed by atoms with Crippen LogP contribution in [0.5, 0.6) is 0 Å². The van der Waals surface area contributed by atoms with Crippen LogP contribution in [0.15, 0.2) is 22.7 Å². The van der Waals surface area contributed by atoms with Gasteiger partial charge in [0.1, 0.15) is 0 Å². The summed E-state index contributed by atoms with van der Waals surface area (Å²) in [4.78, 5) is 12.5. The highest BCUT2D eigenvalue weighted by atomic mass is 127. The molecule has 1 heterocycles. The Bertz CT molecular complexity index is 500. The summed E-state index contributed by atoms with van der Waals surface area (Å²) in [6.07, 6.45) is 2.03. The molecule has 0 radical (unpaired) electrons. The van der Waals surface area contributed by atoms with Crippen LogP contribution in [-0.4, -0.2) is 31.6 Å². The summed E-state index contributed by atoms with van der Waals surface area (Å²) in [5, 5.41) is 20.2. The van der Waals surface area contributed by atoms with Crippen molar-refractivity contribution in [3.8, 4) is 0 Å². The molecular formula is C12H14BrIN2O3. The molecule has 1 saturated heterocycles. The van der Waals surface area contributed by atoms with Crippen LogP contribution in [-0.2, 0) is 6.54 Å². The van der Waals surface area contributed by atoms with E-state index in [-0.39, 0.29) is 15.8 Å². The molecular weight excluding hydrogens is 427 g/mol. The van der Waals surface area contributed by atoms with Crippen molar-refractivity contribution in [2.45, 2.75) is 22.9 Å². The van der Waals surface area contributed by atoms with Gasteiger partial charge in [-0.2, -0.15) is 0 Å². The van der Waals surface area contributed by atoms with Crippen molar-refractivity contribution in [3.05, 3.63) is 38.3 Å². The van der Waals surface area contributed by atoms with Crippen molar-refractivity contribution in [1.82, 2.24) is 4.90 Å². The first kappa shape index (κ1) is 15.1. The van der Waals surface area contributed by atoms with Crippen molar-refractivity contribution < 1.29 is 10.0 Å². The summed E-state index contributed by atoms with van der Waals surface area (Å²) >= 11 is 5.69. The molecule has 0 amide bonds. The van der Waals surface area contributed by atoms with Crippen LogP contribution in [0.3, 0.4) is 0 Å². The van der Waals surface area contributed by atoms with Gasteiger partial charge in [0.25, 0.3) is 5.69 Å². The molecule has 19 heavy (non-hydrogen) atoms. The number of non-ortho nitro benzene ring substituents is 1.